The van der Waals surface area contributed by atoms with Crippen LogP contribution in [0, 0.1) is 5.92 Å². The summed E-state index contributed by atoms with van der Waals surface area (Å²) in [6.45, 7) is 0. The Labute approximate surface area is 73.5 Å². The summed E-state index contributed by atoms with van der Waals surface area (Å²) in [6, 6.07) is -0.665. The number of alkyl halides is 3. The van der Waals surface area contributed by atoms with Crippen molar-refractivity contribution >= 4 is 10.2 Å². The molecule has 1 aliphatic rings. The molecule has 0 aromatic rings. The van der Waals surface area contributed by atoms with Crippen molar-refractivity contribution in [1.29, 1.82) is 0 Å². The quantitative estimate of drug-likeness (QED) is 0.691. The molecule has 0 amide bonds. The maximum Gasteiger partial charge on any atom is 0.391 e. The Kier molecular flexibility index (Phi) is 2.56. The Hall–Kier alpha value is -0.340. The number of halogens is 3. The molecule has 0 aromatic carbocycles. The van der Waals surface area contributed by atoms with Crippen molar-refractivity contribution in [2.75, 3.05) is 0 Å². The van der Waals surface area contributed by atoms with E-state index in [0.29, 0.717) is 0 Å². The summed E-state index contributed by atoms with van der Waals surface area (Å²) in [4.78, 5) is 0. The summed E-state index contributed by atoms with van der Waals surface area (Å²) in [5, 5.41) is 4.58. The van der Waals surface area contributed by atoms with Gasteiger partial charge < -0.3 is 0 Å². The van der Waals surface area contributed by atoms with Gasteiger partial charge in [0.2, 0.25) is 0 Å². The van der Waals surface area contributed by atoms with Crippen LogP contribution in [0.1, 0.15) is 12.8 Å². The van der Waals surface area contributed by atoms with Gasteiger partial charge in [0.15, 0.2) is 0 Å². The molecule has 1 saturated carbocycles. The number of nitrogens with one attached hydrogen (secondary N) is 1. The van der Waals surface area contributed by atoms with E-state index in [1.807, 2.05) is 4.72 Å². The Balaban J connectivity index is 2.35. The second kappa shape index (κ2) is 3.10. The lowest BCUT2D eigenvalue weighted by atomic mass is 9.80. The highest BCUT2D eigenvalue weighted by atomic mass is 32.2. The van der Waals surface area contributed by atoms with Gasteiger partial charge in [0.1, 0.15) is 0 Å². The van der Waals surface area contributed by atoms with Gasteiger partial charge in [-0.25, -0.2) is 5.14 Å². The minimum atomic E-state index is -4.23. The fourth-order valence-electron chi connectivity index (χ4n) is 1.21. The van der Waals surface area contributed by atoms with Crippen LogP contribution in [0.5, 0.6) is 0 Å². The maximum atomic E-state index is 11.9. The van der Waals surface area contributed by atoms with Crippen LogP contribution in [-0.2, 0) is 10.2 Å². The largest absolute Gasteiger partial charge is 0.391 e. The molecule has 13 heavy (non-hydrogen) atoms. The second-order valence-corrected chi connectivity index (χ2v) is 4.40. The van der Waals surface area contributed by atoms with E-state index in [1.165, 1.54) is 0 Å². The van der Waals surface area contributed by atoms with E-state index in [-0.39, 0.29) is 12.8 Å². The standard InChI is InChI=1S/C5H9F3N2O2S/c6-5(7,8)3-1-4(2-3)10-13(9,11)12/h3-4,10H,1-2H2,(H2,9,11,12). The Bertz CT molecular complexity index is 281. The first-order valence-electron chi connectivity index (χ1n) is 3.55. The van der Waals surface area contributed by atoms with Gasteiger partial charge in [-0.3, -0.25) is 0 Å². The lowest BCUT2D eigenvalue weighted by Crippen LogP contribution is -2.50. The van der Waals surface area contributed by atoms with Gasteiger partial charge >= 0.3 is 6.18 Å². The average Bonchev–Trinajstić information content (AvgIpc) is 1.71. The lowest BCUT2D eigenvalue weighted by molar-refractivity contribution is -0.197. The van der Waals surface area contributed by atoms with E-state index >= 15 is 0 Å². The molecule has 0 radical (unpaired) electrons. The molecule has 0 saturated heterocycles. The molecule has 0 aromatic heterocycles. The zero-order valence-electron chi connectivity index (χ0n) is 6.50. The van der Waals surface area contributed by atoms with Crippen LogP contribution >= 0.6 is 0 Å². The highest BCUT2D eigenvalue weighted by molar-refractivity contribution is 7.87. The third kappa shape index (κ3) is 3.12. The zero-order valence-corrected chi connectivity index (χ0v) is 7.32. The minimum absolute atomic E-state index is 0.222. The first-order valence-corrected chi connectivity index (χ1v) is 5.10. The first-order chi connectivity index (χ1) is 5.68. The summed E-state index contributed by atoms with van der Waals surface area (Å²) >= 11 is 0. The van der Waals surface area contributed by atoms with Crippen molar-refractivity contribution in [3.63, 3.8) is 0 Å². The summed E-state index contributed by atoms with van der Waals surface area (Å²) in [5.74, 6) is -1.40. The van der Waals surface area contributed by atoms with E-state index in [2.05, 4.69) is 5.14 Å². The fourth-order valence-corrected chi connectivity index (χ4v) is 1.87. The predicted molar refractivity (Wildman–Crippen MR) is 38.8 cm³/mol. The maximum absolute atomic E-state index is 11.9. The molecule has 0 heterocycles. The molecule has 3 N–H and O–H groups in total. The van der Waals surface area contributed by atoms with E-state index in [1.54, 1.807) is 0 Å². The smallest absolute Gasteiger partial charge is 0.216 e. The number of hydrogen-bond acceptors (Lipinski definition) is 2. The fraction of sp³-hybridized carbons (Fsp3) is 1.00. The Morgan fingerprint density at radius 2 is 1.77 bits per heavy atom. The monoisotopic (exact) mass is 218 g/mol. The third-order valence-electron chi connectivity index (χ3n) is 1.93. The normalized spacial score (nSPS) is 29.8. The topological polar surface area (TPSA) is 72.2 Å². The highest BCUT2D eigenvalue weighted by Gasteiger charge is 2.48. The summed E-state index contributed by atoms with van der Waals surface area (Å²) in [7, 11) is -3.87. The van der Waals surface area contributed by atoms with E-state index in [4.69, 9.17) is 0 Å². The van der Waals surface area contributed by atoms with Crippen molar-refractivity contribution in [2.24, 2.45) is 11.1 Å². The molecule has 4 nitrogen and oxygen atoms in total. The summed E-state index contributed by atoms with van der Waals surface area (Å²) in [6.07, 6.45) is -4.67. The van der Waals surface area contributed by atoms with Gasteiger partial charge in [-0.05, 0) is 12.8 Å². The molecular formula is C5H9F3N2O2S. The van der Waals surface area contributed by atoms with Gasteiger partial charge in [-0.2, -0.15) is 26.3 Å². The van der Waals surface area contributed by atoms with Crippen LogP contribution in [0.2, 0.25) is 0 Å². The first kappa shape index (κ1) is 10.7. The van der Waals surface area contributed by atoms with Crippen LogP contribution < -0.4 is 9.86 Å². The molecular weight excluding hydrogens is 209 g/mol. The van der Waals surface area contributed by atoms with Crippen LogP contribution in [-0.4, -0.2) is 20.6 Å². The van der Waals surface area contributed by atoms with Crippen molar-refractivity contribution in [1.82, 2.24) is 4.72 Å². The van der Waals surface area contributed by atoms with Gasteiger partial charge in [0.25, 0.3) is 10.2 Å². The van der Waals surface area contributed by atoms with Crippen LogP contribution in [0.25, 0.3) is 0 Å². The predicted octanol–water partition coefficient (Wildman–Crippen LogP) is 0.120. The van der Waals surface area contributed by atoms with Crippen molar-refractivity contribution in [3.8, 4) is 0 Å². The molecule has 0 spiro atoms. The summed E-state index contributed by atoms with van der Waals surface area (Å²) < 4.78 is 58.4. The van der Waals surface area contributed by atoms with Crippen molar-refractivity contribution in [3.05, 3.63) is 0 Å². The molecule has 78 valence electrons. The minimum Gasteiger partial charge on any atom is -0.216 e. The second-order valence-electron chi connectivity index (χ2n) is 3.07. The average molecular weight is 218 g/mol. The molecule has 1 fully saturated rings. The third-order valence-corrected chi connectivity index (χ3v) is 2.59. The zero-order chi connectivity index (χ0) is 10.3. The van der Waals surface area contributed by atoms with Crippen molar-refractivity contribution in [2.45, 2.75) is 25.1 Å². The van der Waals surface area contributed by atoms with Crippen LogP contribution in [0.4, 0.5) is 13.2 Å². The molecule has 0 unspecified atom stereocenters. The SMILES string of the molecule is NS(=O)(=O)NC1CC(C(F)(F)F)C1. The highest BCUT2D eigenvalue weighted by Crippen LogP contribution is 2.40. The Morgan fingerprint density at radius 1 is 1.31 bits per heavy atom. The van der Waals surface area contributed by atoms with E-state index in [0.717, 1.165) is 0 Å². The van der Waals surface area contributed by atoms with E-state index < -0.39 is 28.3 Å². The van der Waals surface area contributed by atoms with Crippen LogP contribution in [0.15, 0.2) is 0 Å². The van der Waals surface area contributed by atoms with Crippen LogP contribution in [0.3, 0.4) is 0 Å². The number of hydrogen-bond donors (Lipinski definition) is 2. The molecule has 0 atom stereocenters. The van der Waals surface area contributed by atoms with E-state index in [9.17, 15) is 21.6 Å². The number of nitrogens with two attached hydrogens (primary N) is 1. The van der Waals surface area contributed by atoms with Gasteiger partial charge in [-0.15, -0.1) is 0 Å². The van der Waals surface area contributed by atoms with Gasteiger partial charge in [0, 0.05) is 6.04 Å². The lowest BCUT2D eigenvalue weighted by Gasteiger charge is -2.36. The Morgan fingerprint density at radius 3 is 2.08 bits per heavy atom. The molecule has 8 heteroatoms. The van der Waals surface area contributed by atoms with Gasteiger partial charge in [-0.1, -0.05) is 0 Å². The molecule has 1 aliphatic carbocycles. The number of rotatable bonds is 2. The van der Waals surface area contributed by atoms with Crippen molar-refractivity contribution < 1.29 is 21.6 Å². The van der Waals surface area contributed by atoms with Gasteiger partial charge in [0.05, 0.1) is 5.92 Å². The summed E-state index contributed by atoms with van der Waals surface area (Å²) in [5.41, 5.74) is 0. The molecule has 0 aliphatic heterocycles. The molecule has 1 rings (SSSR count). The molecule has 0 bridgehead atoms.